The highest BCUT2D eigenvalue weighted by Gasteiger charge is 2.35. The molecular formula is C28H27ClFN3O2. The summed E-state index contributed by atoms with van der Waals surface area (Å²) < 4.78 is 14.0. The van der Waals surface area contributed by atoms with Crippen molar-refractivity contribution in [2.24, 2.45) is 10.9 Å². The number of anilines is 2. The lowest BCUT2D eigenvalue weighted by molar-refractivity contribution is -0.123. The number of hydrogen-bond acceptors (Lipinski definition) is 3. The molecule has 5 nitrogen and oxygen atoms in total. The van der Waals surface area contributed by atoms with E-state index in [2.05, 4.69) is 5.32 Å². The van der Waals surface area contributed by atoms with Gasteiger partial charge in [0.25, 0.3) is 5.91 Å². The fourth-order valence-corrected chi connectivity index (χ4v) is 4.25. The van der Waals surface area contributed by atoms with Crippen LogP contribution in [0.2, 0.25) is 5.02 Å². The molecule has 180 valence electrons. The van der Waals surface area contributed by atoms with Crippen LogP contribution in [0.4, 0.5) is 15.8 Å². The predicted molar refractivity (Wildman–Crippen MR) is 139 cm³/mol. The molecule has 2 amide bonds. The second-order valence-electron chi connectivity index (χ2n) is 8.77. The second kappa shape index (κ2) is 10.4. The molecular weight excluding hydrogens is 465 g/mol. The minimum Gasteiger partial charge on any atom is -0.324 e. The Balaban J connectivity index is 1.76. The van der Waals surface area contributed by atoms with Crippen molar-refractivity contribution in [2.75, 3.05) is 16.8 Å². The highest BCUT2D eigenvalue weighted by Crippen LogP contribution is 2.33. The molecule has 3 aromatic carbocycles. The number of carbonyl (C=O) groups is 2. The number of fused-ring (bicyclic) bond motifs is 1. The number of amides is 2. The summed E-state index contributed by atoms with van der Waals surface area (Å²) in [5.74, 6) is -1.17. The summed E-state index contributed by atoms with van der Waals surface area (Å²) in [5, 5.41) is 3.21. The summed E-state index contributed by atoms with van der Waals surface area (Å²) in [6, 6.07) is 18.7. The van der Waals surface area contributed by atoms with Crippen molar-refractivity contribution >= 4 is 40.5 Å². The number of benzene rings is 3. The first-order valence-corrected chi connectivity index (χ1v) is 12.0. The zero-order valence-electron chi connectivity index (χ0n) is 19.9. The molecule has 0 fully saturated rings. The molecule has 0 bridgehead atoms. The van der Waals surface area contributed by atoms with Crippen molar-refractivity contribution in [1.82, 2.24) is 0 Å². The lowest BCUT2D eigenvalue weighted by atomic mass is 9.98. The second-order valence-corrected chi connectivity index (χ2v) is 9.21. The first kappa shape index (κ1) is 24.6. The Bertz CT molecular complexity index is 1290. The molecule has 0 saturated carbocycles. The van der Waals surface area contributed by atoms with E-state index in [1.807, 2.05) is 44.2 Å². The van der Waals surface area contributed by atoms with Gasteiger partial charge in [0.05, 0.1) is 11.4 Å². The molecule has 0 saturated heterocycles. The van der Waals surface area contributed by atoms with E-state index in [0.717, 1.165) is 12.0 Å². The molecule has 0 spiro atoms. The number of nitrogens with one attached hydrogen (secondary N) is 1. The maximum absolute atomic E-state index is 14.0. The van der Waals surface area contributed by atoms with Gasteiger partial charge in [-0.15, -0.1) is 0 Å². The summed E-state index contributed by atoms with van der Waals surface area (Å²) in [4.78, 5) is 33.2. The van der Waals surface area contributed by atoms with Crippen molar-refractivity contribution in [3.63, 3.8) is 0 Å². The smallest absolute Gasteiger partial charge is 0.252 e. The summed E-state index contributed by atoms with van der Waals surface area (Å²) in [5.41, 5.74) is 3.56. The maximum atomic E-state index is 14.0. The number of halogens is 2. The van der Waals surface area contributed by atoms with E-state index in [9.17, 15) is 14.0 Å². The van der Waals surface area contributed by atoms with Crippen molar-refractivity contribution in [3.8, 4) is 0 Å². The molecule has 7 heteroatoms. The Morgan fingerprint density at radius 2 is 1.89 bits per heavy atom. The Morgan fingerprint density at radius 1 is 1.14 bits per heavy atom. The normalized spacial score (nSPS) is 16.3. The van der Waals surface area contributed by atoms with Crippen LogP contribution in [-0.4, -0.2) is 30.1 Å². The standard InChI is InChI=1S/C28H27ClFN3O2/c1-4-17(2)26-28(35)33(16-25(34)31-21-12-10-18(3)23(30)15-21)24-13-11-20(29)14-22(24)27(32-26)19-8-6-5-7-9-19/h5-15,17,26H,4,16H2,1-3H3,(H,31,34)/t17-,26+/m1/s1. The minimum absolute atomic E-state index is 0.0530. The minimum atomic E-state index is -0.675. The van der Waals surface area contributed by atoms with Crippen molar-refractivity contribution < 1.29 is 14.0 Å². The Morgan fingerprint density at radius 3 is 2.57 bits per heavy atom. The molecule has 3 aromatic rings. The summed E-state index contributed by atoms with van der Waals surface area (Å²) >= 11 is 6.36. The van der Waals surface area contributed by atoms with Crippen molar-refractivity contribution in [1.29, 1.82) is 0 Å². The Labute approximate surface area is 209 Å². The first-order chi connectivity index (χ1) is 16.8. The van der Waals surface area contributed by atoms with Crippen LogP contribution in [-0.2, 0) is 9.59 Å². The number of hydrogen-bond donors (Lipinski definition) is 1. The first-order valence-electron chi connectivity index (χ1n) is 11.6. The molecule has 35 heavy (non-hydrogen) atoms. The maximum Gasteiger partial charge on any atom is 0.252 e. The van der Waals surface area contributed by atoms with Crippen LogP contribution in [0.1, 0.15) is 37.0 Å². The summed E-state index contributed by atoms with van der Waals surface area (Å²) in [6.45, 7) is 5.39. The number of rotatable bonds is 6. The van der Waals surface area contributed by atoms with E-state index in [1.54, 1.807) is 37.3 Å². The third-order valence-corrected chi connectivity index (χ3v) is 6.51. The molecule has 1 aliphatic heterocycles. The van der Waals surface area contributed by atoms with Gasteiger partial charge in [0.2, 0.25) is 5.91 Å². The van der Waals surface area contributed by atoms with E-state index < -0.39 is 17.8 Å². The van der Waals surface area contributed by atoms with Crippen molar-refractivity contribution in [2.45, 2.75) is 33.2 Å². The Hall–Kier alpha value is -3.51. The molecule has 0 radical (unpaired) electrons. The van der Waals surface area contributed by atoms with E-state index >= 15 is 0 Å². The monoisotopic (exact) mass is 491 g/mol. The fourth-order valence-electron chi connectivity index (χ4n) is 4.07. The van der Waals surface area contributed by atoms with Gasteiger partial charge in [0.15, 0.2) is 0 Å². The Kier molecular flexibility index (Phi) is 7.31. The summed E-state index contributed by atoms with van der Waals surface area (Å²) in [7, 11) is 0. The van der Waals surface area contributed by atoms with Gasteiger partial charge in [-0.1, -0.05) is 68.3 Å². The van der Waals surface area contributed by atoms with Gasteiger partial charge in [-0.3, -0.25) is 14.6 Å². The third-order valence-electron chi connectivity index (χ3n) is 6.28. The van der Waals surface area contributed by atoms with Gasteiger partial charge in [-0.05, 0) is 48.7 Å². The highest BCUT2D eigenvalue weighted by atomic mass is 35.5. The van der Waals surface area contributed by atoms with Gasteiger partial charge in [0.1, 0.15) is 18.4 Å². The van der Waals surface area contributed by atoms with Gasteiger partial charge < -0.3 is 10.2 Å². The zero-order chi connectivity index (χ0) is 25.1. The SMILES string of the molecule is CC[C@@H](C)[C@@H]1N=C(c2ccccc2)c2cc(Cl)ccc2N(CC(=O)Nc2ccc(C)c(F)c2)C1=O. The lowest BCUT2D eigenvalue weighted by Gasteiger charge is -2.26. The van der Waals surface area contributed by atoms with Crippen LogP contribution in [0, 0.1) is 18.7 Å². The average molecular weight is 492 g/mol. The molecule has 0 aliphatic carbocycles. The van der Waals surface area contributed by atoms with Gasteiger partial charge >= 0.3 is 0 Å². The van der Waals surface area contributed by atoms with E-state index in [1.165, 1.54) is 11.0 Å². The van der Waals surface area contributed by atoms with Gasteiger partial charge in [-0.2, -0.15) is 0 Å². The zero-order valence-corrected chi connectivity index (χ0v) is 20.6. The molecule has 0 aromatic heterocycles. The van der Waals surface area contributed by atoms with Crippen LogP contribution in [0.15, 0.2) is 71.7 Å². The molecule has 4 rings (SSSR count). The number of nitrogens with zero attached hydrogens (tertiary/aromatic N) is 2. The number of aliphatic imine (C=N–C) groups is 1. The average Bonchev–Trinajstić information content (AvgIpc) is 2.96. The van der Waals surface area contributed by atoms with Crippen LogP contribution < -0.4 is 10.2 Å². The third kappa shape index (κ3) is 5.28. The van der Waals surface area contributed by atoms with E-state index in [0.29, 0.717) is 33.2 Å². The van der Waals surface area contributed by atoms with E-state index in [-0.39, 0.29) is 18.4 Å². The fraction of sp³-hybridized carbons (Fsp3) is 0.250. The largest absolute Gasteiger partial charge is 0.324 e. The number of aryl methyl sites for hydroxylation is 1. The summed E-state index contributed by atoms with van der Waals surface area (Å²) in [6.07, 6.45) is 0.738. The van der Waals surface area contributed by atoms with Crippen LogP contribution in [0.5, 0.6) is 0 Å². The number of benzodiazepines with no additional fused rings is 1. The van der Waals surface area contributed by atoms with Gasteiger partial charge in [0, 0.05) is 21.8 Å². The highest BCUT2D eigenvalue weighted by molar-refractivity contribution is 6.32. The topological polar surface area (TPSA) is 61.8 Å². The quantitative estimate of drug-likeness (QED) is 0.458. The molecule has 2 atom stereocenters. The van der Waals surface area contributed by atoms with Crippen LogP contribution in [0.25, 0.3) is 0 Å². The van der Waals surface area contributed by atoms with Crippen molar-refractivity contribution in [3.05, 3.63) is 94.3 Å². The van der Waals surface area contributed by atoms with Gasteiger partial charge in [-0.25, -0.2) is 4.39 Å². The molecule has 1 heterocycles. The van der Waals surface area contributed by atoms with Crippen LogP contribution >= 0.6 is 11.6 Å². The molecule has 1 aliphatic rings. The predicted octanol–water partition coefficient (Wildman–Crippen LogP) is 6.02. The lowest BCUT2D eigenvalue weighted by Crippen LogP contribution is -2.44. The number of carbonyl (C=O) groups excluding carboxylic acids is 2. The molecule has 1 N–H and O–H groups in total. The van der Waals surface area contributed by atoms with Crippen LogP contribution in [0.3, 0.4) is 0 Å². The molecule has 0 unspecified atom stereocenters. The van der Waals surface area contributed by atoms with E-state index in [4.69, 9.17) is 16.6 Å².